The van der Waals surface area contributed by atoms with E-state index in [0.29, 0.717) is 0 Å². The van der Waals surface area contributed by atoms with Gasteiger partial charge in [-0.3, -0.25) is 0 Å². The maximum absolute atomic E-state index is 4.43. The average molecular weight is 243 g/mol. The molecule has 2 N–H and O–H groups in total. The molecule has 2 rings (SSSR count). The zero-order chi connectivity index (χ0) is 13.0. The van der Waals surface area contributed by atoms with Crippen molar-refractivity contribution in [2.75, 3.05) is 6.54 Å². The predicted molar refractivity (Wildman–Crippen MR) is 74.7 cm³/mol. The van der Waals surface area contributed by atoms with Crippen LogP contribution in [0.15, 0.2) is 24.4 Å². The molecule has 0 unspecified atom stereocenters. The van der Waals surface area contributed by atoms with Gasteiger partial charge >= 0.3 is 0 Å². The van der Waals surface area contributed by atoms with Gasteiger partial charge in [0, 0.05) is 24.9 Å². The predicted octanol–water partition coefficient (Wildman–Crippen LogP) is 2.73. The quantitative estimate of drug-likeness (QED) is 0.847. The number of aromatic amines is 1. The first-order chi connectivity index (χ1) is 8.67. The lowest BCUT2D eigenvalue weighted by Crippen LogP contribution is -2.11. The van der Waals surface area contributed by atoms with Gasteiger partial charge in [0.2, 0.25) is 0 Å². The van der Waals surface area contributed by atoms with Crippen molar-refractivity contribution in [2.24, 2.45) is 0 Å². The largest absolute Gasteiger partial charge is 0.345 e. The minimum absolute atomic E-state index is 0.857. The number of imidazole rings is 1. The number of hydrogen-bond acceptors (Lipinski definition) is 2. The van der Waals surface area contributed by atoms with E-state index in [0.717, 1.165) is 31.0 Å². The number of H-pyrrole nitrogens is 1. The molecule has 18 heavy (non-hydrogen) atoms. The second kappa shape index (κ2) is 5.83. The molecule has 1 heterocycles. The molecule has 0 amide bonds. The fourth-order valence-electron chi connectivity index (χ4n) is 2.21. The van der Waals surface area contributed by atoms with E-state index in [4.69, 9.17) is 0 Å². The molecule has 0 spiro atoms. The Balaban J connectivity index is 2.06. The zero-order valence-corrected chi connectivity index (χ0v) is 11.4. The van der Waals surface area contributed by atoms with Gasteiger partial charge in [0.05, 0.1) is 0 Å². The molecule has 0 radical (unpaired) electrons. The van der Waals surface area contributed by atoms with Gasteiger partial charge in [0.25, 0.3) is 0 Å². The van der Waals surface area contributed by atoms with Crippen LogP contribution in [0.3, 0.4) is 0 Å². The van der Waals surface area contributed by atoms with E-state index in [1.807, 2.05) is 6.20 Å². The van der Waals surface area contributed by atoms with Crippen molar-refractivity contribution in [3.63, 3.8) is 0 Å². The van der Waals surface area contributed by atoms with Gasteiger partial charge in [0.15, 0.2) is 0 Å². The maximum Gasteiger partial charge on any atom is 0.110 e. The van der Waals surface area contributed by atoms with Crippen LogP contribution in [0.2, 0.25) is 0 Å². The minimum atomic E-state index is 0.857. The van der Waals surface area contributed by atoms with Gasteiger partial charge in [-0.2, -0.15) is 0 Å². The molecule has 0 aliphatic heterocycles. The molecule has 1 aromatic heterocycles. The summed E-state index contributed by atoms with van der Waals surface area (Å²) in [5, 5.41) is 3.29. The van der Waals surface area contributed by atoms with Gasteiger partial charge in [-0.1, -0.05) is 36.2 Å². The molecule has 0 aliphatic carbocycles. The van der Waals surface area contributed by atoms with E-state index < -0.39 is 0 Å². The standard InChI is InChI=1S/C15H21N3/c1-4-16-9-14-10-17-15(18-14)8-13-6-11(2)5-12(3)7-13/h5-7,10,16H,4,8-9H2,1-3H3,(H,17,18). The number of aryl methyl sites for hydroxylation is 2. The van der Waals surface area contributed by atoms with Crippen LogP contribution >= 0.6 is 0 Å². The Morgan fingerprint density at radius 3 is 2.56 bits per heavy atom. The summed E-state index contributed by atoms with van der Waals surface area (Å²) in [4.78, 5) is 7.79. The fourth-order valence-corrected chi connectivity index (χ4v) is 2.21. The lowest BCUT2D eigenvalue weighted by Gasteiger charge is -2.03. The summed E-state index contributed by atoms with van der Waals surface area (Å²) in [7, 11) is 0. The van der Waals surface area contributed by atoms with Crippen molar-refractivity contribution in [3.8, 4) is 0 Å². The number of rotatable bonds is 5. The van der Waals surface area contributed by atoms with E-state index in [2.05, 4.69) is 54.3 Å². The van der Waals surface area contributed by atoms with Gasteiger partial charge in [-0.05, 0) is 26.0 Å². The topological polar surface area (TPSA) is 40.7 Å². The van der Waals surface area contributed by atoms with Crippen LogP contribution < -0.4 is 5.32 Å². The molecule has 0 saturated carbocycles. The van der Waals surface area contributed by atoms with Crippen LogP contribution in [0.1, 0.15) is 35.1 Å². The number of hydrogen-bond donors (Lipinski definition) is 2. The van der Waals surface area contributed by atoms with Crippen LogP contribution in [0.25, 0.3) is 0 Å². The number of aromatic nitrogens is 2. The van der Waals surface area contributed by atoms with E-state index in [9.17, 15) is 0 Å². The summed E-state index contributed by atoms with van der Waals surface area (Å²) in [6.07, 6.45) is 2.79. The van der Waals surface area contributed by atoms with Crippen molar-refractivity contribution in [2.45, 2.75) is 33.7 Å². The van der Waals surface area contributed by atoms with Crippen molar-refractivity contribution in [1.82, 2.24) is 15.3 Å². The Bertz CT molecular complexity index is 494. The third-order valence-electron chi connectivity index (χ3n) is 2.90. The Morgan fingerprint density at radius 1 is 1.17 bits per heavy atom. The van der Waals surface area contributed by atoms with Crippen LogP contribution in [0, 0.1) is 13.8 Å². The molecule has 1 aromatic carbocycles. The first-order valence-corrected chi connectivity index (χ1v) is 6.48. The summed E-state index contributed by atoms with van der Waals surface area (Å²) < 4.78 is 0. The molecular weight excluding hydrogens is 222 g/mol. The Kier molecular flexibility index (Phi) is 4.15. The summed E-state index contributed by atoms with van der Waals surface area (Å²) in [6, 6.07) is 6.64. The fraction of sp³-hybridized carbons (Fsp3) is 0.400. The van der Waals surface area contributed by atoms with Gasteiger partial charge in [0.1, 0.15) is 5.82 Å². The van der Waals surface area contributed by atoms with Crippen LogP contribution in [0.5, 0.6) is 0 Å². The van der Waals surface area contributed by atoms with Crippen LogP contribution in [-0.2, 0) is 13.0 Å². The highest BCUT2D eigenvalue weighted by Gasteiger charge is 2.03. The highest BCUT2D eigenvalue weighted by Crippen LogP contribution is 2.12. The van der Waals surface area contributed by atoms with Crippen LogP contribution in [0.4, 0.5) is 0 Å². The summed E-state index contributed by atoms with van der Waals surface area (Å²) in [5.74, 6) is 1.04. The normalized spacial score (nSPS) is 10.8. The van der Waals surface area contributed by atoms with E-state index >= 15 is 0 Å². The lowest BCUT2D eigenvalue weighted by molar-refractivity contribution is 0.712. The van der Waals surface area contributed by atoms with Gasteiger partial charge < -0.3 is 10.3 Å². The molecule has 0 aliphatic rings. The molecule has 3 heteroatoms. The number of nitrogens with one attached hydrogen (secondary N) is 2. The lowest BCUT2D eigenvalue weighted by atomic mass is 10.1. The first kappa shape index (κ1) is 12.8. The third kappa shape index (κ3) is 3.44. The Labute approximate surface area is 109 Å². The molecule has 3 nitrogen and oxygen atoms in total. The molecule has 0 fully saturated rings. The molecule has 0 bridgehead atoms. The summed E-state index contributed by atoms with van der Waals surface area (Å²) >= 11 is 0. The molecule has 2 aromatic rings. The first-order valence-electron chi connectivity index (χ1n) is 6.48. The smallest absolute Gasteiger partial charge is 0.110 e. The summed E-state index contributed by atoms with van der Waals surface area (Å²) in [5.41, 5.74) is 5.09. The van der Waals surface area contributed by atoms with E-state index in [-0.39, 0.29) is 0 Å². The molecule has 96 valence electrons. The van der Waals surface area contributed by atoms with Crippen molar-refractivity contribution in [3.05, 3.63) is 52.6 Å². The van der Waals surface area contributed by atoms with Gasteiger partial charge in [-0.15, -0.1) is 0 Å². The summed E-state index contributed by atoms with van der Waals surface area (Å²) in [6.45, 7) is 8.21. The molecular formula is C15H21N3. The Morgan fingerprint density at radius 2 is 1.89 bits per heavy atom. The second-order valence-corrected chi connectivity index (χ2v) is 4.81. The Hall–Kier alpha value is -1.61. The zero-order valence-electron chi connectivity index (χ0n) is 11.4. The van der Waals surface area contributed by atoms with E-state index in [1.54, 1.807) is 0 Å². The highest BCUT2D eigenvalue weighted by atomic mass is 15.0. The van der Waals surface area contributed by atoms with Crippen molar-refractivity contribution >= 4 is 0 Å². The monoisotopic (exact) mass is 243 g/mol. The number of nitrogens with zero attached hydrogens (tertiary/aromatic N) is 1. The molecule has 0 saturated heterocycles. The van der Waals surface area contributed by atoms with Crippen molar-refractivity contribution < 1.29 is 0 Å². The van der Waals surface area contributed by atoms with Crippen LogP contribution in [-0.4, -0.2) is 16.5 Å². The SMILES string of the molecule is CCNCc1cnc(Cc2cc(C)cc(C)c2)[nH]1. The second-order valence-electron chi connectivity index (χ2n) is 4.81. The molecule has 0 atom stereocenters. The third-order valence-corrected chi connectivity index (χ3v) is 2.90. The number of benzene rings is 1. The minimum Gasteiger partial charge on any atom is -0.345 e. The van der Waals surface area contributed by atoms with E-state index in [1.165, 1.54) is 16.7 Å². The van der Waals surface area contributed by atoms with Crippen molar-refractivity contribution in [1.29, 1.82) is 0 Å². The average Bonchev–Trinajstić information content (AvgIpc) is 2.72. The maximum atomic E-state index is 4.43. The van der Waals surface area contributed by atoms with Gasteiger partial charge in [-0.25, -0.2) is 4.98 Å². The highest BCUT2D eigenvalue weighted by molar-refractivity contribution is 5.30.